The van der Waals surface area contributed by atoms with Crippen molar-refractivity contribution >= 4 is 5.91 Å². The molecular weight excluding hydrogens is 356 g/mol. The first-order chi connectivity index (χ1) is 13.5. The number of aromatic nitrogens is 3. The Morgan fingerprint density at radius 3 is 2.93 bits per heavy atom. The summed E-state index contributed by atoms with van der Waals surface area (Å²) in [6.45, 7) is 4.85. The number of hydrogen-bond donors (Lipinski definition) is 1. The third-order valence-corrected chi connectivity index (χ3v) is 4.45. The Labute approximate surface area is 163 Å². The van der Waals surface area contributed by atoms with Gasteiger partial charge in [-0.05, 0) is 38.1 Å². The Kier molecular flexibility index (Phi) is 4.73. The van der Waals surface area contributed by atoms with E-state index >= 15 is 0 Å². The van der Waals surface area contributed by atoms with Gasteiger partial charge < -0.3 is 14.8 Å². The molecule has 7 heteroatoms. The summed E-state index contributed by atoms with van der Waals surface area (Å²) >= 11 is 0. The second-order valence-corrected chi connectivity index (χ2v) is 7.24. The van der Waals surface area contributed by atoms with Crippen LogP contribution in [0.5, 0.6) is 11.5 Å². The van der Waals surface area contributed by atoms with E-state index in [1.165, 1.54) is 6.20 Å². The van der Waals surface area contributed by atoms with E-state index in [-0.39, 0.29) is 11.5 Å². The summed E-state index contributed by atoms with van der Waals surface area (Å²) < 4.78 is 13.5. The third kappa shape index (κ3) is 3.83. The monoisotopic (exact) mass is 378 g/mol. The van der Waals surface area contributed by atoms with Crippen LogP contribution in [0.1, 0.15) is 29.8 Å². The highest BCUT2D eigenvalue weighted by molar-refractivity contribution is 5.93. The van der Waals surface area contributed by atoms with Crippen molar-refractivity contribution in [1.82, 2.24) is 20.1 Å². The van der Waals surface area contributed by atoms with Crippen LogP contribution in [0.4, 0.5) is 0 Å². The largest absolute Gasteiger partial charge is 0.488 e. The molecule has 0 fully saturated rings. The minimum Gasteiger partial charge on any atom is -0.488 e. The number of nitrogens with one attached hydrogen (secondary N) is 1. The first-order valence-corrected chi connectivity index (χ1v) is 9.20. The van der Waals surface area contributed by atoms with Crippen molar-refractivity contribution in [1.29, 1.82) is 0 Å². The molecule has 144 valence electrons. The van der Waals surface area contributed by atoms with Crippen LogP contribution in [0.25, 0.3) is 5.82 Å². The van der Waals surface area contributed by atoms with Crippen LogP contribution in [0, 0.1) is 0 Å². The van der Waals surface area contributed by atoms with E-state index in [1.54, 1.807) is 29.2 Å². The number of rotatable bonds is 6. The molecule has 3 aromatic rings. The summed E-state index contributed by atoms with van der Waals surface area (Å²) in [5.41, 5.74) is 1.42. The number of carbonyl (C=O) groups excluding carboxylic acids is 1. The predicted octanol–water partition coefficient (Wildman–Crippen LogP) is 2.79. The zero-order valence-electron chi connectivity index (χ0n) is 15.9. The zero-order chi connectivity index (χ0) is 19.6. The minimum absolute atomic E-state index is 0.196. The molecule has 2 aromatic heterocycles. The number of carbonyl (C=O) groups is 1. The lowest BCUT2D eigenvalue weighted by Gasteiger charge is -2.18. The molecule has 0 saturated heterocycles. The molecule has 1 aliphatic rings. The Morgan fingerprint density at radius 2 is 2.18 bits per heavy atom. The van der Waals surface area contributed by atoms with Gasteiger partial charge in [0.25, 0.3) is 5.91 Å². The van der Waals surface area contributed by atoms with Crippen molar-refractivity contribution in [2.75, 3.05) is 13.2 Å². The molecule has 7 nitrogen and oxygen atoms in total. The summed E-state index contributed by atoms with van der Waals surface area (Å²) in [7, 11) is 0. The van der Waals surface area contributed by atoms with E-state index < -0.39 is 0 Å². The van der Waals surface area contributed by atoms with Gasteiger partial charge in [-0.1, -0.05) is 12.1 Å². The molecule has 0 unspecified atom stereocenters. The fourth-order valence-electron chi connectivity index (χ4n) is 3.19. The lowest BCUT2D eigenvalue weighted by molar-refractivity contribution is 0.0946. The maximum atomic E-state index is 12.3. The molecule has 28 heavy (non-hydrogen) atoms. The molecule has 0 atom stereocenters. The first kappa shape index (κ1) is 18.0. The number of pyridine rings is 1. The number of para-hydroxylation sites is 1. The second kappa shape index (κ2) is 7.34. The van der Waals surface area contributed by atoms with Crippen molar-refractivity contribution in [2.45, 2.75) is 25.9 Å². The molecule has 1 aromatic carbocycles. The van der Waals surface area contributed by atoms with E-state index in [0.717, 1.165) is 17.7 Å². The second-order valence-electron chi connectivity index (χ2n) is 7.24. The smallest absolute Gasteiger partial charge is 0.252 e. The number of benzene rings is 1. The highest BCUT2D eigenvalue weighted by Gasteiger charge is 2.32. The third-order valence-electron chi connectivity index (χ3n) is 4.45. The summed E-state index contributed by atoms with van der Waals surface area (Å²) in [5, 5.41) is 6.95. The average molecular weight is 378 g/mol. The van der Waals surface area contributed by atoms with Crippen molar-refractivity contribution < 1.29 is 14.3 Å². The fraction of sp³-hybridized carbons (Fsp3) is 0.286. The summed E-state index contributed by atoms with van der Waals surface area (Å²) in [6, 6.07) is 11.2. The van der Waals surface area contributed by atoms with Gasteiger partial charge in [0.15, 0.2) is 17.3 Å². The Balaban J connectivity index is 1.29. The van der Waals surface area contributed by atoms with E-state index in [1.807, 2.05) is 18.2 Å². The molecule has 3 heterocycles. The number of fused-ring (bicyclic) bond motifs is 1. The van der Waals surface area contributed by atoms with Crippen molar-refractivity contribution in [3.8, 4) is 17.3 Å². The average Bonchev–Trinajstić information content (AvgIpc) is 3.32. The van der Waals surface area contributed by atoms with Gasteiger partial charge in [-0.2, -0.15) is 5.10 Å². The Bertz CT molecular complexity index is 966. The molecule has 1 N–H and O–H groups in total. The summed E-state index contributed by atoms with van der Waals surface area (Å²) in [6.07, 6.45) is 5.87. The van der Waals surface area contributed by atoms with Gasteiger partial charge >= 0.3 is 0 Å². The van der Waals surface area contributed by atoms with Gasteiger partial charge in [0.05, 0.1) is 12.1 Å². The zero-order valence-corrected chi connectivity index (χ0v) is 15.9. The molecule has 0 aliphatic carbocycles. The normalized spacial score (nSPS) is 14.2. The summed E-state index contributed by atoms with van der Waals surface area (Å²) in [4.78, 5) is 16.5. The molecule has 0 spiro atoms. The van der Waals surface area contributed by atoms with Gasteiger partial charge in [0.1, 0.15) is 12.2 Å². The van der Waals surface area contributed by atoms with Crippen LogP contribution >= 0.6 is 0 Å². The Hall–Kier alpha value is -3.35. The highest BCUT2D eigenvalue weighted by atomic mass is 16.5. The maximum absolute atomic E-state index is 12.3. The van der Waals surface area contributed by atoms with Crippen LogP contribution in [0.15, 0.2) is 55.0 Å². The van der Waals surface area contributed by atoms with Gasteiger partial charge in [-0.25, -0.2) is 9.67 Å². The standard InChI is InChI=1S/C21H22N4O3/c1-21(2)13-15-5-3-6-17(19(15)28-21)27-12-10-22-20(26)16-7-8-18(23-14-16)25-11-4-9-24-25/h3-9,11,14H,10,12-13H2,1-2H3,(H,22,26). The predicted molar refractivity (Wildman–Crippen MR) is 104 cm³/mol. The SMILES string of the molecule is CC1(C)Cc2cccc(OCCNC(=O)c3ccc(-n4cccn4)nc3)c2O1. The van der Waals surface area contributed by atoms with E-state index in [4.69, 9.17) is 9.47 Å². The van der Waals surface area contributed by atoms with Gasteiger partial charge in [-0.3, -0.25) is 4.79 Å². The molecular formula is C21H22N4O3. The summed E-state index contributed by atoms with van der Waals surface area (Å²) in [5.74, 6) is 1.98. The minimum atomic E-state index is -0.217. The van der Waals surface area contributed by atoms with Crippen LogP contribution in [-0.2, 0) is 6.42 Å². The number of amides is 1. The molecule has 1 aliphatic heterocycles. The molecule has 1 amide bonds. The molecule has 4 rings (SSSR count). The quantitative estimate of drug-likeness (QED) is 0.668. The lowest BCUT2D eigenvalue weighted by atomic mass is 10.0. The first-order valence-electron chi connectivity index (χ1n) is 9.20. The molecule has 0 radical (unpaired) electrons. The van der Waals surface area contributed by atoms with Crippen LogP contribution in [0.3, 0.4) is 0 Å². The molecule has 0 saturated carbocycles. The fourth-order valence-corrected chi connectivity index (χ4v) is 3.19. The number of ether oxygens (including phenoxy) is 2. The topological polar surface area (TPSA) is 78.3 Å². The van der Waals surface area contributed by atoms with E-state index in [2.05, 4.69) is 35.3 Å². The highest BCUT2D eigenvalue weighted by Crippen LogP contribution is 2.41. The van der Waals surface area contributed by atoms with Crippen LogP contribution < -0.4 is 14.8 Å². The van der Waals surface area contributed by atoms with Crippen molar-refractivity contribution in [3.05, 3.63) is 66.1 Å². The Morgan fingerprint density at radius 1 is 1.29 bits per heavy atom. The van der Waals surface area contributed by atoms with E-state index in [9.17, 15) is 4.79 Å². The van der Waals surface area contributed by atoms with E-state index in [0.29, 0.717) is 30.3 Å². The molecule has 0 bridgehead atoms. The number of nitrogens with zero attached hydrogens (tertiary/aromatic N) is 3. The van der Waals surface area contributed by atoms with Crippen LogP contribution in [0.2, 0.25) is 0 Å². The van der Waals surface area contributed by atoms with Crippen molar-refractivity contribution in [3.63, 3.8) is 0 Å². The lowest BCUT2D eigenvalue weighted by Crippen LogP contribution is -2.28. The van der Waals surface area contributed by atoms with Crippen LogP contribution in [-0.4, -0.2) is 39.4 Å². The van der Waals surface area contributed by atoms with Gasteiger partial charge in [-0.15, -0.1) is 0 Å². The van der Waals surface area contributed by atoms with Gasteiger partial charge in [0, 0.05) is 30.6 Å². The van der Waals surface area contributed by atoms with Crippen molar-refractivity contribution in [2.24, 2.45) is 0 Å². The van der Waals surface area contributed by atoms with Gasteiger partial charge in [0.2, 0.25) is 0 Å². The number of hydrogen-bond acceptors (Lipinski definition) is 5. The maximum Gasteiger partial charge on any atom is 0.252 e.